The molecule has 1 saturated heterocycles. The van der Waals surface area contributed by atoms with E-state index in [1.54, 1.807) is 6.08 Å². The number of nitrogens with one attached hydrogen (secondary N) is 2. The quantitative estimate of drug-likeness (QED) is 0.822. The summed E-state index contributed by atoms with van der Waals surface area (Å²) in [6.07, 6.45) is 1.99. The lowest BCUT2D eigenvalue weighted by atomic mass is 9.98. The van der Waals surface area contributed by atoms with Crippen molar-refractivity contribution in [1.29, 1.82) is 0 Å². The molecule has 21 heavy (non-hydrogen) atoms. The number of carbonyl (C=O) groups is 2. The number of rotatable bonds is 4. The van der Waals surface area contributed by atoms with E-state index in [4.69, 9.17) is 4.74 Å². The van der Waals surface area contributed by atoms with Gasteiger partial charge in [-0.1, -0.05) is 50.3 Å². The van der Waals surface area contributed by atoms with Crippen LogP contribution in [0.1, 0.15) is 19.4 Å². The first kappa shape index (κ1) is 15.3. The lowest BCUT2D eigenvalue weighted by Crippen LogP contribution is -2.66. The molecular formula is C16H20N2O3. The molecule has 0 radical (unpaired) electrons. The molecule has 2 amide bonds. The van der Waals surface area contributed by atoms with Crippen LogP contribution in [0.25, 0.3) is 0 Å². The van der Waals surface area contributed by atoms with Crippen molar-refractivity contribution in [2.45, 2.75) is 26.0 Å². The first-order valence-electron chi connectivity index (χ1n) is 6.92. The number of benzene rings is 1. The number of piperazine rings is 1. The summed E-state index contributed by atoms with van der Waals surface area (Å²) in [6.45, 7) is 3.88. The van der Waals surface area contributed by atoms with Crippen LogP contribution in [-0.2, 0) is 20.7 Å². The van der Waals surface area contributed by atoms with Gasteiger partial charge in [0.2, 0.25) is 5.72 Å². The molecule has 0 aliphatic carbocycles. The fraction of sp³-hybridized carbons (Fsp3) is 0.375. The first-order valence-corrected chi connectivity index (χ1v) is 6.92. The zero-order valence-electron chi connectivity index (χ0n) is 12.5. The van der Waals surface area contributed by atoms with E-state index in [-0.39, 0.29) is 29.9 Å². The van der Waals surface area contributed by atoms with E-state index in [0.29, 0.717) is 0 Å². The Hall–Kier alpha value is -2.14. The van der Waals surface area contributed by atoms with Gasteiger partial charge in [-0.25, -0.2) is 0 Å². The fourth-order valence-corrected chi connectivity index (χ4v) is 2.26. The van der Waals surface area contributed by atoms with Crippen molar-refractivity contribution in [3.8, 4) is 0 Å². The van der Waals surface area contributed by atoms with Crippen molar-refractivity contribution in [2.24, 2.45) is 5.92 Å². The van der Waals surface area contributed by atoms with Crippen molar-refractivity contribution in [3.05, 3.63) is 47.7 Å². The molecular weight excluding hydrogens is 268 g/mol. The van der Waals surface area contributed by atoms with Gasteiger partial charge in [0.15, 0.2) is 0 Å². The zero-order chi connectivity index (χ0) is 15.5. The average Bonchev–Trinajstić information content (AvgIpc) is 2.45. The van der Waals surface area contributed by atoms with E-state index >= 15 is 0 Å². The smallest absolute Gasteiger partial charge is 0.278 e. The highest BCUT2D eigenvalue weighted by molar-refractivity contribution is 6.06. The molecule has 0 unspecified atom stereocenters. The Bertz CT molecular complexity index is 566. The molecule has 1 aliphatic rings. The minimum absolute atomic E-state index is 0.162. The Morgan fingerprint density at radius 1 is 1.24 bits per heavy atom. The van der Waals surface area contributed by atoms with Gasteiger partial charge in [0.25, 0.3) is 11.8 Å². The summed E-state index contributed by atoms with van der Waals surface area (Å²) in [5, 5.41) is 5.34. The second-order valence-corrected chi connectivity index (χ2v) is 5.43. The average molecular weight is 288 g/mol. The highest BCUT2D eigenvalue weighted by Gasteiger charge is 2.45. The minimum Gasteiger partial charge on any atom is -0.350 e. The van der Waals surface area contributed by atoms with Gasteiger partial charge >= 0.3 is 0 Å². The summed E-state index contributed by atoms with van der Waals surface area (Å²) < 4.78 is 5.35. The van der Waals surface area contributed by atoms with E-state index in [2.05, 4.69) is 10.6 Å². The largest absolute Gasteiger partial charge is 0.350 e. The maximum atomic E-state index is 12.4. The number of hydrogen-bond acceptors (Lipinski definition) is 3. The number of hydrogen-bond donors (Lipinski definition) is 2. The van der Waals surface area contributed by atoms with Crippen molar-refractivity contribution in [3.63, 3.8) is 0 Å². The van der Waals surface area contributed by atoms with Gasteiger partial charge in [-0.3, -0.25) is 9.59 Å². The van der Waals surface area contributed by atoms with Gasteiger partial charge in [0.05, 0.1) is 0 Å². The summed E-state index contributed by atoms with van der Waals surface area (Å²) in [4.78, 5) is 24.6. The van der Waals surface area contributed by atoms with Crippen molar-refractivity contribution in [1.82, 2.24) is 10.6 Å². The van der Waals surface area contributed by atoms with Gasteiger partial charge < -0.3 is 15.4 Å². The molecule has 1 heterocycles. The SMILES string of the molecule is CO[C@@]1(Cc2ccccc2)NC(=O)/C(=C\C(C)C)NC1=O. The third-order valence-corrected chi connectivity index (χ3v) is 3.32. The summed E-state index contributed by atoms with van der Waals surface area (Å²) in [5.74, 6) is -0.531. The van der Waals surface area contributed by atoms with Crippen molar-refractivity contribution >= 4 is 11.8 Å². The lowest BCUT2D eigenvalue weighted by Gasteiger charge is -2.36. The standard InChI is InChI=1S/C16H20N2O3/c1-11(2)9-13-14(19)18-16(21-3,15(20)17-13)10-12-7-5-4-6-8-12/h4-9,11H,10H2,1-3H3,(H,17,20)(H,18,19)/b13-9+/t16-/m1/s1. The first-order chi connectivity index (χ1) is 9.97. The van der Waals surface area contributed by atoms with E-state index in [1.807, 2.05) is 44.2 Å². The lowest BCUT2D eigenvalue weighted by molar-refractivity contribution is -0.156. The van der Waals surface area contributed by atoms with Crippen LogP contribution < -0.4 is 10.6 Å². The number of allylic oxidation sites excluding steroid dienone is 1. The summed E-state index contributed by atoms with van der Waals surface area (Å²) in [5.41, 5.74) is -0.186. The molecule has 5 nitrogen and oxygen atoms in total. The normalized spacial score (nSPS) is 24.1. The maximum Gasteiger partial charge on any atom is 0.278 e. The van der Waals surface area contributed by atoms with E-state index < -0.39 is 5.72 Å². The van der Waals surface area contributed by atoms with Crippen LogP contribution >= 0.6 is 0 Å². The van der Waals surface area contributed by atoms with Gasteiger partial charge in [-0.2, -0.15) is 0 Å². The van der Waals surface area contributed by atoms with E-state index in [9.17, 15) is 9.59 Å². The molecule has 5 heteroatoms. The number of carbonyl (C=O) groups excluding carboxylic acids is 2. The molecule has 1 aliphatic heterocycles. The molecule has 1 aromatic carbocycles. The number of amides is 2. The van der Waals surface area contributed by atoms with Gasteiger partial charge in [0.1, 0.15) is 5.70 Å². The Kier molecular flexibility index (Phi) is 4.43. The third kappa shape index (κ3) is 3.31. The molecule has 1 fully saturated rings. The predicted octanol–water partition coefficient (Wildman–Crippen LogP) is 1.36. The molecule has 0 saturated carbocycles. The molecule has 2 rings (SSSR count). The van der Waals surface area contributed by atoms with Crippen LogP contribution in [0.15, 0.2) is 42.1 Å². The van der Waals surface area contributed by atoms with Crippen LogP contribution in [0, 0.1) is 5.92 Å². The van der Waals surface area contributed by atoms with Gasteiger partial charge in [-0.05, 0) is 11.5 Å². The Labute approximate surface area is 124 Å². The zero-order valence-corrected chi connectivity index (χ0v) is 12.5. The van der Waals surface area contributed by atoms with Crippen LogP contribution in [0.5, 0.6) is 0 Å². The Balaban J connectivity index is 2.25. The highest BCUT2D eigenvalue weighted by atomic mass is 16.5. The van der Waals surface area contributed by atoms with Crippen LogP contribution in [-0.4, -0.2) is 24.6 Å². The third-order valence-electron chi connectivity index (χ3n) is 3.32. The second kappa shape index (κ2) is 6.10. The van der Waals surface area contributed by atoms with E-state index in [0.717, 1.165) is 5.56 Å². The fourth-order valence-electron chi connectivity index (χ4n) is 2.26. The number of ether oxygens (including phenoxy) is 1. The highest BCUT2D eigenvalue weighted by Crippen LogP contribution is 2.20. The molecule has 0 aromatic heterocycles. The predicted molar refractivity (Wildman–Crippen MR) is 79.1 cm³/mol. The number of methoxy groups -OCH3 is 1. The van der Waals surface area contributed by atoms with Crippen molar-refractivity contribution in [2.75, 3.05) is 7.11 Å². The van der Waals surface area contributed by atoms with Crippen molar-refractivity contribution < 1.29 is 14.3 Å². The molecule has 0 spiro atoms. The molecule has 1 atom stereocenters. The monoisotopic (exact) mass is 288 g/mol. The van der Waals surface area contributed by atoms with E-state index in [1.165, 1.54) is 7.11 Å². The summed E-state index contributed by atoms with van der Waals surface area (Å²) in [7, 11) is 1.42. The summed E-state index contributed by atoms with van der Waals surface area (Å²) in [6, 6.07) is 9.43. The van der Waals surface area contributed by atoms with Gasteiger partial charge in [0, 0.05) is 13.5 Å². The Morgan fingerprint density at radius 3 is 2.48 bits per heavy atom. The molecule has 0 bridgehead atoms. The molecule has 2 N–H and O–H groups in total. The van der Waals surface area contributed by atoms with Gasteiger partial charge in [-0.15, -0.1) is 0 Å². The molecule has 1 aromatic rings. The minimum atomic E-state index is -1.37. The Morgan fingerprint density at radius 2 is 1.90 bits per heavy atom. The second-order valence-electron chi connectivity index (χ2n) is 5.43. The maximum absolute atomic E-state index is 12.4. The van der Waals surface area contributed by atoms with Crippen LogP contribution in [0.4, 0.5) is 0 Å². The van der Waals surface area contributed by atoms with Crippen LogP contribution in [0.2, 0.25) is 0 Å². The topological polar surface area (TPSA) is 67.4 Å². The molecule has 112 valence electrons. The summed E-state index contributed by atoms with van der Waals surface area (Å²) >= 11 is 0. The van der Waals surface area contributed by atoms with Crippen LogP contribution in [0.3, 0.4) is 0 Å².